The highest BCUT2D eigenvalue weighted by molar-refractivity contribution is 5.95. The van der Waals surface area contributed by atoms with E-state index in [1.54, 1.807) is 12.0 Å². The summed E-state index contributed by atoms with van der Waals surface area (Å²) in [6, 6.07) is 15.9. The van der Waals surface area contributed by atoms with Gasteiger partial charge in [-0.2, -0.15) is 0 Å². The maximum atomic E-state index is 12.7. The maximum absolute atomic E-state index is 12.7. The first kappa shape index (κ1) is 14.8. The summed E-state index contributed by atoms with van der Waals surface area (Å²) in [6.07, 6.45) is 1.17. The normalized spacial score (nSPS) is 13.3. The van der Waals surface area contributed by atoms with Crippen LogP contribution in [0, 0.1) is 0 Å². The van der Waals surface area contributed by atoms with E-state index >= 15 is 0 Å². The third kappa shape index (κ3) is 2.52. The second-order valence-electron chi connectivity index (χ2n) is 5.95. The molecule has 1 aromatic heterocycles. The predicted octanol–water partition coefficient (Wildman–Crippen LogP) is 3.02. The van der Waals surface area contributed by atoms with Gasteiger partial charge in [0.15, 0.2) is 0 Å². The molecule has 1 aliphatic rings. The molecule has 0 atom stereocenters. The van der Waals surface area contributed by atoms with Crippen LogP contribution in [0.15, 0.2) is 48.5 Å². The van der Waals surface area contributed by atoms with E-state index in [-0.39, 0.29) is 5.91 Å². The fourth-order valence-corrected chi connectivity index (χ4v) is 3.24. The third-order valence-corrected chi connectivity index (χ3v) is 4.49. The lowest BCUT2D eigenvalue weighted by Gasteiger charge is -2.14. The van der Waals surface area contributed by atoms with E-state index in [0.29, 0.717) is 19.4 Å². The fraction of sp³-hybridized carbons (Fsp3) is 0.263. The van der Waals surface area contributed by atoms with Crippen molar-refractivity contribution in [3.05, 3.63) is 54.1 Å². The molecule has 24 heavy (non-hydrogen) atoms. The van der Waals surface area contributed by atoms with Crippen molar-refractivity contribution >= 4 is 22.9 Å². The Balaban J connectivity index is 1.50. The summed E-state index contributed by atoms with van der Waals surface area (Å²) in [7, 11) is 1.65. The molecule has 1 amide bonds. The van der Waals surface area contributed by atoms with Crippen LogP contribution >= 0.6 is 0 Å². The van der Waals surface area contributed by atoms with E-state index < -0.39 is 0 Å². The van der Waals surface area contributed by atoms with Crippen molar-refractivity contribution in [1.82, 2.24) is 9.55 Å². The number of fused-ring (bicyclic) bond motifs is 3. The number of aryl methyl sites for hydroxylation is 1. The summed E-state index contributed by atoms with van der Waals surface area (Å²) >= 11 is 0. The number of para-hydroxylation sites is 2. The molecule has 3 aromatic rings. The molecular weight excluding hydrogens is 302 g/mol. The van der Waals surface area contributed by atoms with Gasteiger partial charge in [-0.1, -0.05) is 24.3 Å². The molecule has 4 rings (SSSR count). The topological polar surface area (TPSA) is 47.4 Å². The lowest BCUT2D eigenvalue weighted by atomic mass is 10.1. The average Bonchev–Trinajstić information content (AvgIpc) is 3.19. The summed E-state index contributed by atoms with van der Waals surface area (Å²) in [4.78, 5) is 19.1. The lowest BCUT2D eigenvalue weighted by molar-refractivity contribution is -0.118. The van der Waals surface area contributed by atoms with Crippen LogP contribution in [0.25, 0.3) is 11.0 Å². The van der Waals surface area contributed by atoms with E-state index in [9.17, 15) is 4.79 Å². The number of rotatable bonds is 4. The number of hydrogen-bond acceptors (Lipinski definition) is 3. The quantitative estimate of drug-likeness (QED) is 0.742. The highest BCUT2D eigenvalue weighted by Gasteiger charge is 2.27. The van der Waals surface area contributed by atoms with Crippen LogP contribution < -0.4 is 9.64 Å². The Kier molecular flexibility index (Phi) is 3.69. The Morgan fingerprint density at radius 3 is 2.92 bits per heavy atom. The van der Waals surface area contributed by atoms with Gasteiger partial charge >= 0.3 is 0 Å². The number of ether oxygens (including phenoxy) is 1. The first-order valence-corrected chi connectivity index (χ1v) is 8.15. The van der Waals surface area contributed by atoms with Gasteiger partial charge in [0.1, 0.15) is 5.75 Å². The van der Waals surface area contributed by atoms with Crippen LogP contribution in [0.1, 0.15) is 12.0 Å². The summed E-state index contributed by atoms with van der Waals surface area (Å²) in [6.45, 7) is 1.50. The van der Waals surface area contributed by atoms with Gasteiger partial charge in [0.25, 0.3) is 0 Å². The summed E-state index contributed by atoms with van der Waals surface area (Å²) in [5.41, 5.74) is 3.14. The molecule has 0 radical (unpaired) electrons. The zero-order valence-electron chi connectivity index (χ0n) is 13.6. The SMILES string of the molecule is COc1cccc(CCC(=O)N2CCn3c2nc2ccccc23)c1. The summed E-state index contributed by atoms with van der Waals surface area (Å²) < 4.78 is 7.36. The third-order valence-electron chi connectivity index (χ3n) is 4.49. The molecule has 0 aliphatic carbocycles. The Labute approximate surface area is 140 Å². The number of aromatic nitrogens is 2. The van der Waals surface area contributed by atoms with Gasteiger partial charge in [-0.3, -0.25) is 9.69 Å². The zero-order valence-corrected chi connectivity index (χ0v) is 13.6. The standard InChI is InChI=1S/C19H19N3O2/c1-24-15-6-4-5-14(13-15)9-10-18(23)22-12-11-21-17-8-3-2-7-16(17)20-19(21)22/h2-8,13H,9-12H2,1H3. The van der Waals surface area contributed by atoms with Crippen LogP contribution in [0.4, 0.5) is 5.95 Å². The Hall–Kier alpha value is -2.82. The second-order valence-corrected chi connectivity index (χ2v) is 5.95. The van der Waals surface area contributed by atoms with Crippen molar-refractivity contribution < 1.29 is 9.53 Å². The smallest absolute Gasteiger partial charge is 0.229 e. The molecule has 0 saturated carbocycles. The molecule has 0 unspecified atom stereocenters. The minimum Gasteiger partial charge on any atom is -0.497 e. The van der Waals surface area contributed by atoms with Crippen molar-refractivity contribution in [2.75, 3.05) is 18.6 Å². The van der Waals surface area contributed by atoms with Gasteiger partial charge in [0.05, 0.1) is 18.1 Å². The minimum atomic E-state index is 0.117. The molecule has 122 valence electrons. The molecule has 0 fully saturated rings. The van der Waals surface area contributed by atoms with Crippen molar-refractivity contribution in [1.29, 1.82) is 0 Å². The first-order chi connectivity index (χ1) is 11.8. The number of amides is 1. The minimum absolute atomic E-state index is 0.117. The first-order valence-electron chi connectivity index (χ1n) is 8.15. The van der Waals surface area contributed by atoms with Gasteiger partial charge in [-0.05, 0) is 36.2 Å². The second kappa shape index (κ2) is 6.00. The van der Waals surface area contributed by atoms with Gasteiger partial charge < -0.3 is 9.30 Å². The zero-order chi connectivity index (χ0) is 16.5. The molecule has 2 aromatic carbocycles. The molecule has 0 bridgehead atoms. The van der Waals surface area contributed by atoms with Gasteiger partial charge in [0.2, 0.25) is 11.9 Å². The van der Waals surface area contributed by atoms with Crippen molar-refractivity contribution in [3.63, 3.8) is 0 Å². The molecule has 0 saturated heterocycles. The fourth-order valence-electron chi connectivity index (χ4n) is 3.24. The van der Waals surface area contributed by atoms with Gasteiger partial charge in [-0.25, -0.2) is 4.98 Å². The Morgan fingerprint density at radius 2 is 2.04 bits per heavy atom. The van der Waals surface area contributed by atoms with Crippen LogP contribution in [0.2, 0.25) is 0 Å². The van der Waals surface area contributed by atoms with Gasteiger partial charge in [-0.15, -0.1) is 0 Å². The largest absolute Gasteiger partial charge is 0.497 e. The van der Waals surface area contributed by atoms with Crippen molar-refractivity contribution in [2.24, 2.45) is 0 Å². The van der Waals surface area contributed by atoms with E-state index in [1.807, 2.05) is 42.5 Å². The molecule has 0 spiro atoms. The van der Waals surface area contributed by atoms with Crippen LogP contribution in [-0.4, -0.2) is 29.1 Å². The Bertz CT molecular complexity index is 901. The number of carbonyl (C=O) groups excluding carboxylic acids is 1. The van der Waals surface area contributed by atoms with Gasteiger partial charge in [0, 0.05) is 19.5 Å². The predicted molar refractivity (Wildman–Crippen MR) is 93.4 cm³/mol. The number of benzene rings is 2. The highest BCUT2D eigenvalue weighted by atomic mass is 16.5. The highest BCUT2D eigenvalue weighted by Crippen LogP contribution is 2.27. The monoisotopic (exact) mass is 321 g/mol. The number of methoxy groups -OCH3 is 1. The number of nitrogens with zero attached hydrogens (tertiary/aromatic N) is 3. The average molecular weight is 321 g/mol. The number of imidazole rings is 1. The molecule has 5 nitrogen and oxygen atoms in total. The van der Waals surface area contributed by atoms with Crippen molar-refractivity contribution in [3.8, 4) is 5.75 Å². The van der Waals surface area contributed by atoms with E-state index in [2.05, 4.69) is 15.6 Å². The number of carbonyl (C=O) groups is 1. The Morgan fingerprint density at radius 1 is 1.17 bits per heavy atom. The summed E-state index contributed by atoms with van der Waals surface area (Å²) in [5.74, 6) is 1.71. The maximum Gasteiger partial charge on any atom is 0.229 e. The van der Waals surface area contributed by atoms with Crippen LogP contribution in [0.3, 0.4) is 0 Å². The van der Waals surface area contributed by atoms with E-state index in [1.165, 1.54) is 0 Å². The van der Waals surface area contributed by atoms with Crippen LogP contribution in [0.5, 0.6) is 5.75 Å². The van der Waals surface area contributed by atoms with E-state index in [0.717, 1.165) is 34.8 Å². The molecular formula is C19H19N3O2. The molecule has 2 heterocycles. The lowest BCUT2D eigenvalue weighted by Crippen LogP contribution is -2.29. The molecule has 0 N–H and O–H groups in total. The molecule has 1 aliphatic heterocycles. The number of hydrogen-bond donors (Lipinski definition) is 0. The van der Waals surface area contributed by atoms with Crippen LogP contribution in [-0.2, 0) is 17.8 Å². The molecule has 5 heteroatoms. The van der Waals surface area contributed by atoms with Crippen molar-refractivity contribution in [2.45, 2.75) is 19.4 Å². The number of anilines is 1. The summed E-state index contributed by atoms with van der Waals surface area (Å²) in [5, 5.41) is 0. The van der Waals surface area contributed by atoms with E-state index in [4.69, 9.17) is 4.74 Å².